The topological polar surface area (TPSA) is 42.7 Å². The quantitative estimate of drug-likeness (QED) is 0.941. The van der Waals surface area contributed by atoms with Gasteiger partial charge in [0.15, 0.2) is 0 Å². The molecular weight excluding hydrogens is 268 g/mol. The van der Waals surface area contributed by atoms with Crippen LogP contribution in [0, 0.1) is 0 Å². The molecule has 0 saturated heterocycles. The lowest BCUT2D eigenvalue weighted by molar-refractivity contribution is 0.546. The van der Waals surface area contributed by atoms with Crippen molar-refractivity contribution in [3.63, 3.8) is 0 Å². The summed E-state index contributed by atoms with van der Waals surface area (Å²) < 4.78 is 2.08. The first-order valence-electron chi connectivity index (χ1n) is 7.13. The van der Waals surface area contributed by atoms with E-state index in [1.54, 1.807) is 11.3 Å². The molecule has 0 radical (unpaired) electrons. The van der Waals surface area contributed by atoms with Crippen molar-refractivity contribution in [1.29, 1.82) is 0 Å². The van der Waals surface area contributed by atoms with E-state index in [9.17, 15) is 0 Å². The van der Waals surface area contributed by atoms with Crippen LogP contribution in [0.15, 0.2) is 17.9 Å². The van der Waals surface area contributed by atoms with Gasteiger partial charge in [-0.2, -0.15) is 0 Å². The minimum absolute atomic E-state index is 0.103. The Balaban J connectivity index is 1.93. The maximum atomic E-state index is 4.87. The third-order valence-corrected chi connectivity index (χ3v) is 4.58. The summed E-state index contributed by atoms with van der Waals surface area (Å²) in [6.45, 7) is 6.62. The number of thiazole rings is 1. The minimum Gasteiger partial charge on any atom is -0.336 e. The lowest BCUT2D eigenvalue weighted by atomic mass is 9.93. The van der Waals surface area contributed by atoms with E-state index in [1.165, 1.54) is 24.2 Å². The number of hydrogen-bond donors (Lipinski definition) is 1. The van der Waals surface area contributed by atoms with Crippen LogP contribution in [0.25, 0.3) is 0 Å². The maximum Gasteiger partial charge on any atom is 0.116 e. The van der Waals surface area contributed by atoms with Crippen LogP contribution >= 0.6 is 11.3 Å². The largest absolute Gasteiger partial charge is 0.336 e. The average molecular weight is 290 g/mol. The van der Waals surface area contributed by atoms with Crippen LogP contribution in [0.3, 0.4) is 0 Å². The number of nitrogens with zero attached hydrogens (tertiary/aromatic N) is 3. The molecule has 0 spiro atoms. The van der Waals surface area contributed by atoms with Gasteiger partial charge in [0.1, 0.15) is 11.0 Å². The van der Waals surface area contributed by atoms with Gasteiger partial charge in [-0.25, -0.2) is 9.97 Å². The van der Waals surface area contributed by atoms with Crippen molar-refractivity contribution in [1.82, 2.24) is 19.9 Å². The van der Waals surface area contributed by atoms with E-state index < -0.39 is 0 Å². The molecule has 1 aliphatic carbocycles. The summed E-state index contributed by atoms with van der Waals surface area (Å²) in [5, 5.41) is 7.03. The zero-order chi connectivity index (χ0) is 14.3. The van der Waals surface area contributed by atoms with Crippen molar-refractivity contribution in [2.75, 3.05) is 0 Å². The number of nitrogens with one attached hydrogen (secondary N) is 1. The van der Waals surface area contributed by atoms with Crippen molar-refractivity contribution >= 4 is 11.3 Å². The summed E-state index contributed by atoms with van der Waals surface area (Å²) in [4.78, 5) is 9.13. The second-order valence-corrected chi connectivity index (χ2v) is 7.51. The third kappa shape index (κ3) is 2.79. The molecule has 2 aromatic heterocycles. The van der Waals surface area contributed by atoms with Crippen LogP contribution in [-0.4, -0.2) is 20.6 Å². The average Bonchev–Trinajstić information content (AvgIpc) is 2.89. The Kier molecular flexibility index (Phi) is 3.42. The van der Waals surface area contributed by atoms with Crippen LogP contribution in [0.1, 0.15) is 56.1 Å². The van der Waals surface area contributed by atoms with E-state index in [1.807, 2.05) is 19.6 Å². The maximum absolute atomic E-state index is 4.87. The standard InChI is InChI=1S/C15H22N4S/c1-15(2,3)12-8-20-14(18-12)13(17-10-5-6-10)11-7-16-9-19(11)4/h7-10,13,17H,5-6H2,1-4H3. The van der Waals surface area contributed by atoms with Gasteiger partial charge in [0, 0.05) is 23.9 Å². The van der Waals surface area contributed by atoms with Crippen molar-refractivity contribution < 1.29 is 0 Å². The highest BCUT2D eigenvalue weighted by molar-refractivity contribution is 7.09. The number of rotatable bonds is 4. The molecule has 1 atom stereocenters. The molecule has 1 fully saturated rings. The molecule has 1 saturated carbocycles. The predicted octanol–water partition coefficient (Wildman–Crippen LogP) is 3.02. The van der Waals surface area contributed by atoms with Gasteiger partial charge in [0.05, 0.1) is 23.9 Å². The molecule has 3 rings (SSSR count). The molecule has 0 aromatic carbocycles. The smallest absolute Gasteiger partial charge is 0.116 e. The number of aryl methyl sites for hydroxylation is 1. The molecule has 1 N–H and O–H groups in total. The Morgan fingerprint density at radius 3 is 2.65 bits per heavy atom. The summed E-state index contributed by atoms with van der Waals surface area (Å²) in [5.41, 5.74) is 2.46. The monoisotopic (exact) mass is 290 g/mol. The van der Waals surface area contributed by atoms with Crippen molar-refractivity contribution in [3.05, 3.63) is 34.3 Å². The van der Waals surface area contributed by atoms with E-state index in [0.29, 0.717) is 6.04 Å². The Labute approximate surface area is 124 Å². The Hall–Kier alpha value is -1.20. The lowest BCUT2D eigenvalue weighted by Gasteiger charge is -2.18. The second kappa shape index (κ2) is 4.97. The zero-order valence-electron chi connectivity index (χ0n) is 12.6. The normalized spacial score (nSPS) is 17.4. The third-order valence-electron chi connectivity index (χ3n) is 3.67. The fraction of sp³-hybridized carbons (Fsp3) is 0.600. The summed E-state index contributed by atoms with van der Waals surface area (Å²) in [6.07, 6.45) is 6.34. The van der Waals surface area contributed by atoms with Crippen molar-refractivity contribution in [2.24, 2.45) is 7.05 Å². The van der Waals surface area contributed by atoms with Gasteiger partial charge >= 0.3 is 0 Å². The Bertz CT molecular complexity index is 589. The molecule has 0 amide bonds. The SMILES string of the molecule is Cn1cncc1C(NC1CC1)c1nc(C(C)(C)C)cs1. The molecule has 0 bridgehead atoms. The number of aromatic nitrogens is 3. The van der Waals surface area contributed by atoms with Gasteiger partial charge in [0.25, 0.3) is 0 Å². The highest BCUT2D eigenvalue weighted by Gasteiger charge is 2.30. The number of imidazole rings is 1. The zero-order valence-corrected chi connectivity index (χ0v) is 13.4. The Morgan fingerprint density at radius 2 is 2.15 bits per heavy atom. The van der Waals surface area contributed by atoms with Crippen LogP contribution in [0.2, 0.25) is 0 Å². The van der Waals surface area contributed by atoms with Crippen molar-refractivity contribution in [2.45, 2.75) is 51.1 Å². The molecule has 108 valence electrons. The van der Waals surface area contributed by atoms with Gasteiger partial charge < -0.3 is 9.88 Å². The Morgan fingerprint density at radius 1 is 1.40 bits per heavy atom. The van der Waals surface area contributed by atoms with Gasteiger partial charge in [-0.05, 0) is 12.8 Å². The molecule has 5 heteroatoms. The first-order valence-corrected chi connectivity index (χ1v) is 8.01. The molecule has 20 heavy (non-hydrogen) atoms. The molecule has 4 nitrogen and oxygen atoms in total. The van der Waals surface area contributed by atoms with E-state index in [-0.39, 0.29) is 11.5 Å². The van der Waals surface area contributed by atoms with Crippen LogP contribution in [0.5, 0.6) is 0 Å². The number of hydrogen-bond acceptors (Lipinski definition) is 4. The van der Waals surface area contributed by atoms with Gasteiger partial charge in [0.2, 0.25) is 0 Å². The summed E-state index contributed by atoms with van der Waals surface area (Å²) >= 11 is 1.75. The minimum atomic E-state index is 0.103. The highest BCUT2D eigenvalue weighted by atomic mass is 32.1. The highest BCUT2D eigenvalue weighted by Crippen LogP contribution is 2.32. The summed E-state index contributed by atoms with van der Waals surface area (Å²) in [5.74, 6) is 0. The molecule has 2 aromatic rings. The van der Waals surface area contributed by atoms with Gasteiger partial charge in [-0.1, -0.05) is 20.8 Å². The fourth-order valence-electron chi connectivity index (χ4n) is 2.18. The van der Waals surface area contributed by atoms with Gasteiger partial charge in [-0.3, -0.25) is 0 Å². The summed E-state index contributed by atoms with van der Waals surface area (Å²) in [7, 11) is 2.04. The van der Waals surface area contributed by atoms with E-state index in [2.05, 4.69) is 41.0 Å². The van der Waals surface area contributed by atoms with Crippen LogP contribution in [-0.2, 0) is 12.5 Å². The van der Waals surface area contributed by atoms with Crippen LogP contribution in [0.4, 0.5) is 0 Å². The van der Waals surface area contributed by atoms with Gasteiger partial charge in [-0.15, -0.1) is 11.3 Å². The second-order valence-electron chi connectivity index (χ2n) is 6.62. The van der Waals surface area contributed by atoms with Crippen LogP contribution < -0.4 is 5.32 Å². The molecule has 1 unspecified atom stereocenters. The van der Waals surface area contributed by atoms with Crippen molar-refractivity contribution in [3.8, 4) is 0 Å². The first kappa shape index (κ1) is 13.8. The predicted molar refractivity (Wildman–Crippen MR) is 82.0 cm³/mol. The van der Waals surface area contributed by atoms with E-state index in [4.69, 9.17) is 4.98 Å². The molecule has 0 aliphatic heterocycles. The molecule has 1 aliphatic rings. The molecular formula is C15H22N4S. The fourth-order valence-corrected chi connectivity index (χ4v) is 3.29. The summed E-state index contributed by atoms with van der Waals surface area (Å²) in [6, 6.07) is 0.799. The van der Waals surface area contributed by atoms with E-state index in [0.717, 1.165) is 5.01 Å². The first-order chi connectivity index (χ1) is 9.45. The molecule has 2 heterocycles. The lowest BCUT2D eigenvalue weighted by Crippen LogP contribution is -2.26. The van der Waals surface area contributed by atoms with E-state index >= 15 is 0 Å².